The van der Waals surface area contributed by atoms with Crippen molar-refractivity contribution in [2.45, 2.75) is 45.6 Å². The molecular formula is C17H24FN3O2. The third-order valence-electron chi connectivity index (χ3n) is 3.62. The summed E-state index contributed by atoms with van der Waals surface area (Å²) in [5.41, 5.74) is 8.27. The van der Waals surface area contributed by atoms with Crippen LogP contribution in [0.2, 0.25) is 0 Å². The van der Waals surface area contributed by atoms with E-state index in [4.69, 9.17) is 10.6 Å². The van der Waals surface area contributed by atoms with Crippen molar-refractivity contribution in [1.82, 2.24) is 0 Å². The van der Waals surface area contributed by atoms with Crippen molar-refractivity contribution in [3.63, 3.8) is 0 Å². The molecule has 0 amide bonds. The highest BCUT2D eigenvalue weighted by Crippen LogP contribution is 2.15. The third kappa shape index (κ3) is 6.67. The van der Waals surface area contributed by atoms with Gasteiger partial charge in [0.25, 0.3) is 0 Å². The zero-order valence-corrected chi connectivity index (χ0v) is 13.6. The summed E-state index contributed by atoms with van der Waals surface area (Å²) in [7, 11) is 0. The minimum atomic E-state index is -0.989. The van der Waals surface area contributed by atoms with E-state index < -0.39 is 12.0 Å². The minimum Gasteiger partial charge on any atom is -0.480 e. The molecule has 0 aliphatic rings. The Morgan fingerprint density at radius 1 is 1.48 bits per heavy atom. The van der Waals surface area contributed by atoms with Crippen molar-refractivity contribution in [3.8, 4) is 0 Å². The number of nitrogens with one attached hydrogen (secondary N) is 1. The molecule has 0 saturated heterocycles. The molecule has 126 valence electrons. The molecule has 0 radical (unpaired) electrons. The van der Waals surface area contributed by atoms with E-state index in [-0.39, 0.29) is 11.7 Å². The lowest BCUT2D eigenvalue weighted by Gasteiger charge is -2.10. The van der Waals surface area contributed by atoms with Crippen LogP contribution in [0.4, 0.5) is 4.39 Å². The lowest BCUT2D eigenvalue weighted by atomic mass is 9.99. The van der Waals surface area contributed by atoms with Gasteiger partial charge in [-0.25, -0.2) is 14.7 Å². The van der Waals surface area contributed by atoms with Crippen molar-refractivity contribution in [1.29, 1.82) is 5.53 Å². The smallest absolute Gasteiger partial charge is 0.328 e. The first-order chi connectivity index (χ1) is 11.0. The molecule has 1 unspecified atom stereocenters. The van der Waals surface area contributed by atoms with Crippen LogP contribution in [-0.4, -0.2) is 29.9 Å². The average molecular weight is 321 g/mol. The number of hydrogen-bond donors (Lipinski definition) is 2. The number of aliphatic carboxylic acids is 1. The van der Waals surface area contributed by atoms with Crippen LogP contribution in [0, 0.1) is 17.3 Å². The van der Waals surface area contributed by atoms with E-state index in [1.54, 1.807) is 18.3 Å². The maximum absolute atomic E-state index is 14.0. The summed E-state index contributed by atoms with van der Waals surface area (Å²) in [4.78, 5) is 15.2. The predicted molar refractivity (Wildman–Crippen MR) is 87.8 cm³/mol. The first kappa shape index (κ1) is 18.9. The molecule has 2 atom stereocenters. The standard InChI is InChI=1S/C17H24FN3O2/c1-3-13-6-7-14(15(18)10-13)9-12(2)11-20-16(17(22)23)5-4-8-21-19/h6-7,10-12,16,19H,3-5,8-9H2,1-2H3,(H,22,23)/t12?,16-/m0/s1. The van der Waals surface area contributed by atoms with Gasteiger partial charge in [0, 0.05) is 6.21 Å². The van der Waals surface area contributed by atoms with Crippen LogP contribution < -0.4 is 0 Å². The van der Waals surface area contributed by atoms with E-state index in [1.807, 2.05) is 19.9 Å². The van der Waals surface area contributed by atoms with Crippen molar-refractivity contribution in [2.24, 2.45) is 16.0 Å². The number of aliphatic imine (C=N–C) groups is 1. The summed E-state index contributed by atoms with van der Waals surface area (Å²) < 4.78 is 14.0. The molecule has 0 bridgehead atoms. The normalized spacial score (nSPS) is 13.9. The number of carboxylic acid groups (broad SMARTS) is 1. The van der Waals surface area contributed by atoms with Crippen LogP contribution in [0.25, 0.3) is 0 Å². The van der Waals surface area contributed by atoms with Gasteiger partial charge in [-0.2, -0.15) is 5.11 Å². The van der Waals surface area contributed by atoms with Crippen LogP contribution in [-0.2, 0) is 17.6 Å². The molecule has 0 heterocycles. The van der Waals surface area contributed by atoms with Crippen molar-refractivity contribution >= 4 is 12.2 Å². The molecule has 0 aliphatic carbocycles. The fraction of sp³-hybridized carbons (Fsp3) is 0.529. The largest absolute Gasteiger partial charge is 0.480 e. The Morgan fingerprint density at radius 3 is 2.78 bits per heavy atom. The van der Waals surface area contributed by atoms with Crippen LogP contribution in [0.3, 0.4) is 0 Å². The highest BCUT2D eigenvalue weighted by molar-refractivity contribution is 5.76. The second-order valence-electron chi connectivity index (χ2n) is 5.64. The molecule has 5 nitrogen and oxygen atoms in total. The summed E-state index contributed by atoms with van der Waals surface area (Å²) in [6.45, 7) is 4.17. The van der Waals surface area contributed by atoms with Gasteiger partial charge in [-0.05, 0) is 48.8 Å². The summed E-state index contributed by atoms with van der Waals surface area (Å²) in [5, 5.41) is 12.3. The van der Waals surface area contributed by atoms with Crippen molar-refractivity contribution in [2.75, 3.05) is 6.54 Å². The van der Waals surface area contributed by atoms with E-state index in [0.717, 1.165) is 12.0 Å². The predicted octanol–water partition coefficient (Wildman–Crippen LogP) is 3.90. The van der Waals surface area contributed by atoms with Gasteiger partial charge in [0.1, 0.15) is 11.9 Å². The van der Waals surface area contributed by atoms with E-state index >= 15 is 0 Å². The lowest BCUT2D eigenvalue weighted by molar-refractivity contribution is -0.138. The fourth-order valence-electron chi connectivity index (χ4n) is 2.25. The maximum Gasteiger partial charge on any atom is 0.328 e. The Morgan fingerprint density at radius 2 is 2.22 bits per heavy atom. The SMILES string of the molecule is CCc1ccc(CC(C)C=N[C@@H](CCCN=N)C(=O)O)c(F)c1. The van der Waals surface area contributed by atoms with Gasteiger partial charge >= 0.3 is 5.97 Å². The van der Waals surface area contributed by atoms with Crippen molar-refractivity contribution < 1.29 is 14.3 Å². The van der Waals surface area contributed by atoms with Gasteiger partial charge in [0.05, 0.1) is 6.54 Å². The van der Waals surface area contributed by atoms with E-state index in [0.29, 0.717) is 31.4 Å². The van der Waals surface area contributed by atoms with Gasteiger partial charge < -0.3 is 5.11 Å². The number of nitrogens with zero attached hydrogens (tertiary/aromatic N) is 2. The fourth-order valence-corrected chi connectivity index (χ4v) is 2.25. The number of rotatable bonds is 10. The molecule has 0 fully saturated rings. The first-order valence-corrected chi connectivity index (χ1v) is 7.84. The van der Waals surface area contributed by atoms with Crippen LogP contribution in [0.1, 0.15) is 37.8 Å². The Hall–Kier alpha value is -2.11. The van der Waals surface area contributed by atoms with E-state index in [1.165, 1.54) is 0 Å². The maximum atomic E-state index is 14.0. The molecule has 0 aliphatic heterocycles. The Labute approximate surface area is 136 Å². The number of aryl methyl sites for hydroxylation is 1. The summed E-state index contributed by atoms with van der Waals surface area (Å²) in [5.74, 6) is -1.27. The van der Waals surface area contributed by atoms with E-state index in [9.17, 15) is 9.18 Å². The molecule has 0 aromatic heterocycles. The molecule has 1 aromatic rings. The van der Waals surface area contributed by atoms with Crippen LogP contribution >= 0.6 is 0 Å². The molecule has 6 heteroatoms. The molecular weight excluding hydrogens is 297 g/mol. The highest BCUT2D eigenvalue weighted by atomic mass is 19.1. The average Bonchev–Trinajstić information content (AvgIpc) is 2.52. The van der Waals surface area contributed by atoms with Crippen LogP contribution in [0.5, 0.6) is 0 Å². The first-order valence-electron chi connectivity index (χ1n) is 7.84. The molecule has 23 heavy (non-hydrogen) atoms. The minimum absolute atomic E-state index is 0.0558. The highest BCUT2D eigenvalue weighted by Gasteiger charge is 2.15. The second-order valence-corrected chi connectivity index (χ2v) is 5.64. The molecule has 1 rings (SSSR count). The number of hydrogen-bond acceptors (Lipinski definition) is 4. The Kier molecular flexibility index (Phi) is 8.08. The topological polar surface area (TPSA) is 85.9 Å². The Bertz CT molecular complexity index is 561. The molecule has 1 aromatic carbocycles. The summed E-state index contributed by atoms with van der Waals surface area (Å²) >= 11 is 0. The molecule has 0 spiro atoms. The van der Waals surface area contributed by atoms with Gasteiger partial charge in [-0.15, -0.1) is 0 Å². The summed E-state index contributed by atoms with van der Waals surface area (Å²) in [6, 6.07) is 4.41. The number of halogens is 1. The van der Waals surface area contributed by atoms with E-state index in [2.05, 4.69) is 10.1 Å². The zero-order valence-electron chi connectivity index (χ0n) is 13.6. The molecule has 0 saturated carbocycles. The van der Waals surface area contributed by atoms with Gasteiger partial charge in [0.2, 0.25) is 0 Å². The van der Waals surface area contributed by atoms with Gasteiger partial charge in [0.15, 0.2) is 0 Å². The molecule has 2 N–H and O–H groups in total. The Balaban J connectivity index is 2.64. The third-order valence-corrected chi connectivity index (χ3v) is 3.62. The lowest BCUT2D eigenvalue weighted by Crippen LogP contribution is -2.19. The zero-order chi connectivity index (χ0) is 17.2. The van der Waals surface area contributed by atoms with Gasteiger partial charge in [-0.1, -0.05) is 26.0 Å². The van der Waals surface area contributed by atoms with Gasteiger partial charge in [-0.3, -0.25) is 4.99 Å². The van der Waals surface area contributed by atoms with Crippen molar-refractivity contribution in [3.05, 3.63) is 35.1 Å². The monoisotopic (exact) mass is 321 g/mol. The van der Waals surface area contributed by atoms with Crippen LogP contribution in [0.15, 0.2) is 28.3 Å². The second kappa shape index (κ2) is 9.82. The number of benzene rings is 1. The summed E-state index contributed by atoms with van der Waals surface area (Å²) in [6.07, 6.45) is 3.72. The number of carbonyl (C=O) groups is 1. The number of carboxylic acids is 1. The quantitative estimate of drug-likeness (QED) is 0.389.